The van der Waals surface area contributed by atoms with E-state index in [9.17, 15) is 14.4 Å². The molecule has 1 saturated carbocycles. The van der Waals surface area contributed by atoms with Gasteiger partial charge in [-0.05, 0) is 48.0 Å². The van der Waals surface area contributed by atoms with E-state index in [-0.39, 0.29) is 23.6 Å². The van der Waals surface area contributed by atoms with Crippen LogP contribution >= 0.6 is 23.1 Å². The van der Waals surface area contributed by atoms with Crippen molar-refractivity contribution in [2.75, 3.05) is 13.1 Å². The van der Waals surface area contributed by atoms with E-state index in [2.05, 4.69) is 5.32 Å². The number of amides is 3. The summed E-state index contributed by atoms with van der Waals surface area (Å²) in [5, 5.41) is 4.28. The van der Waals surface area contributed by atoms with Gasteiger partial charge < -0.3 is 5.32 Å². The molecule has 0 unspecified atom stereocenters. The SMILES string of the molecule is O=C(CN1C(=O)S/C(=C\c2cccs2)C1=O)NCC1CC1. The van der Waals surface area contributed by atoms with Gasteiger partial charge in [0.25, 0.3) is 11.1 Å². The standard InChI is InChI=1S/C14H14N2O3S2/c17-12(15-7-9-3-4-9)8-16-13(18)11(21-14(16)19)6-10-2-1-5-20-10/h1-2,5-6,9H,3-4,7-8H2,(H,15,17)/b11-6-. The van der Waals surface area contributed by atoms with E-state index in [0.717, 1.165) is 34.4 Å². The van der Waals surface area contributed by atoms with Crippen LogP contribution in [0.1, 0.15) is 17.7 Å². The lowest BCUT2D eigenvalue weighted by molar-refractivity contribution is -0.129. The summed E-state index contributed by atoms with van der Waals surface area (Å²) in [7, 11) is 0. The van der Waals surface area contributed by atoms with Crippen molar-refractivity contribution in [3.8, 4) is 0 Å². The summed E-state index contributed by atoms with van der Waals surface area (Å²) in [6, 6.07) is 3.76. The maximum absolute atomic E-state index is 12.2. The molecule has 0 bridgehead atoms. The van der Waals surface area contributed by atoms with Crippen molar-refractivity contribution in [2.45, 2.75) is 12.8 Å². The highest BCUT2D eigenvalue weighted by molar-refractivity contribution is 8.18. The molecule has 0 spiro atoms. The van der Waals surface area contributed by atoms with E-state index in [1.807, 2.05) is 17.5 Å². The van der Waals surface area contributed by atoms with Crippen LogP contribution in [0.2, 0.25) is 0 Å². The second-order valence-electron chi connectivity index (χ2n) is 5.03. The normalized spacial score (nSPS) is 20.4. The van der Waals surface area contributed by atoms with E-state index in [4.69, 9.17) is 0 Å². The summed E-state index contributed by atoms with van der Waals surface area (Å²) >= 11 is 2.38. The average molecular weight is 322 g/mol. The van der Waals surface area contributed by atoms with Crippen molar-refractivity contribution in [3.05, 3.63) is 27.3 Å². The van der Waals surface area contributed by atoms with E-state index >= 15 is 0 Å². The molecule has 3 amide bonds. The van der Waals surface area contributed by atoms with E-state index in [1.54, 1.807) is 6.08 Å². The molecule has 5 nitrogen and oxygen atoms in total. The Balaban J connectivity index is 1.61. The van der Waals surface area contributed by atoms with Gasteiger partial charge in [0.2, 0.25) is 5.91 Å². The summed E-state index contributed by atoms with van der Waals surface area (Å²) in [6.07, 6.45) is 3.98. The van der Waals surface area contributed by atoms with Crippen LogP contribution in [-0.4, -0.2) is 35.0 Å². The molecule has 2 aliphatic rings. The lowest BCUT2D eigenvalue weighted by Crippen LogP contribution is -2.40. The molecule has 110 valence electrons. The zero-order chi connectivity index (χ0) is 14.8. The van der Waals surface area contributed by atoms with Gasteiger partial charge in [0.05, 0.1) is 4.91 Å². The number of carbonyl (C=O) groups is 3. The highest BCUT2D eigenvalue weighted by atomic mass is 32.2. The van der Waals surface area contributed by atoms with Crippen molar-refractivity contribution < 1.29 is 14.4 Å². The first-order valence-electron chi connectivity index (χ1n) is 6.69. The number of carbonyl (C=O) groups excluding carboxylic acids is 3. The zero-order valence-electron chi connectivity index (χ0n) is 11.2. The molecule has 1 aliphatic heterocycles. The van der Waals surface area contributed by atoms with Crippen LogP contribution in [0.5, 0.6) is 0 Å². The summed E-state index contributed by atoms with van der Waals surface area (Å²) in [5.74, 6) is -0.0934. The first kappa shape index (κ1) is 14.3. The third-order valence-corrected chi connectivity index (χ3v) is 5.00. The molecule has 3 rings (SSSR count). The fourth-order valence-electron chi connectivity index (χ4n) is 1.92. The van der Waals surface area contributed by atoms with Crippen LogP contribution in [-0.2, 0) is 9.59 Å². The summed E-state index contributed by atoms with van der Waals surface area (Å²) in [5.41, 5.74) is 0. The van der Waals surface area contributed by atoms with Gasteiger partial charge in [-0.15, -0.1) is 11.3 Å². The maximum Gasteiger partial charge on any atom is 0.294 e. The minimum atomic E-state index is -0.389. The Morgan fingerprint density at radius 3 is 2.90 bits per heavy atom. The number of nitrogens with zero attached hydrogens (tertiary/aromatic N) is 1. The fraction of sp³-hybridized carbons (Fsp3) is 0.357. The van der Waals surface area contributed by atoms with E-state index in [0.29, 0.717) is 17.4 Å². The number of nitrogens with one attached hydrogen (secondary N) is 1. The first-order chi connectivity index (χ1) is 10.1. The van der Waals surface area contributed by atoms with Crippen LogP contribution in [0, 0.1) is 5.92 Å². The van der Waals surface area contributed by atoms with Crippen molar-refractivity contribution in [2.24, 2.45) is 5.92 Å². The Morgan fingerprint density at radius 2 is 2.24 bits per heavy atom. The lowest BCUT2D eigenvalue weighted by atomic mass is 10.3. The number of hydrogen-bond acceptors (Lipinski definition) is 5. The van der Waals surface area contributed by atoms with Crippen LogP contribution in [0.25, 0.3) is 6.08 Å². The molecule has 1 N–H and O–H groups in total. The Bertz CT molecular complexity index is 606. The molecular formula is C14H14N2O3S2. The third kappa shape index (κ3) is 3.54. The van der Waals surface area contributed by atoms with Crippen molar-refractivity contribution in [3.63, 3.8) is 0 Å². The minimum absolute atomic E-state index is 0.195. The fourth-order valence-corrected chi connectivity index (χ4v) is 3.48. The zero-order valence-corrected chi connectivity index (χ0v) is 12.8. The second-order valence-corrected chi connectivity index (χ2v) is 7.00. The molecule has 2 fully saturated rings. The Morgan fingerprint density at radius 1 is 1.43 bits per heavy atom. The Hall–Kier alpha value is -1.60. The van der Waals surface area contributed by atoms with Crippen molar-refractivity contribution in [1.29, 1.82) is 0 Å². The highest BCUT2D eigenvalue weighted by Crippen LogP contribution is 2.32. The van der Waals surface area contributed by atoms with Crippen LogP contribution in [0.15, 0.2) is 22.4 Å². The molecule has 21 heavy (non-hydrogen) atoms. The Labute approximate surface area is 130 Å². The monoisotopic (exact) mass is 322 g/mol. The molecule has 1 aromatic heterocycles. The van der Waals surface area contributed by atoms with Gasteiger partial charge in [0.15, 0.2) is 0 Å². The summed E-state index contributed by atoms with van der Waals surface area (Å²) < 4.78 is 0. The molecule has 0 radical (unpaired) electrons. The van der Waals surface area contributed by atoms with Crippen molar-refractivity contribution >= 4 is 46.2 Å². The number of hydrogen-bond donors (Lipinski definition) is 1. The van der Waals surface area contributed by atoms with Gasteiger partial charge in [-0.3, -0.25) is 19.3 Å². The number of thiophene rings is 1. The largest absolute Gasteiger partial charge is 0.354 e. The topological polar surface area (TPSA) is 66.5 Å². The van der Waals surface area contributed by atoms with Gasteiger partial charge in [-0.25, -0.2) is 0 Å². The second kappa shape index (κ2) is 6.03. The molecule has 2 heterocycles. The minimum Gasteiger partial charge on any atom is -0.354 e. The highest BCUT2D eigenvalue weighted by Gasteiger charge is 2.36. The first-order valence-corrected chi connectivity index (χ1v) is 8.38. The van der Waals surface area contributed by atoms with Gasteiger partial charge in [-0.2, -0.15) is 0 Å². The van der Waals surface area contributed by atoms with E-state index < -0.39 is 0 Å². The predicted octanol–water partition coefficient (Wildman–Crippen LogP) is 2.31. The number of rotatable bonds is 5. The smallest absolute Gasteiger partial charge is 0.294 e. The van der Waals surface area contributed by atoms with Gasteiger partial charge in [0, 0.05) is 11.4 Å². The average Bonchev–Trinajstić information content (AvgIpc) is 3.09. The molecule has 1 saturated heterocycles. The van der Waals surface area contributed by atoms with Crippen molar-refractivity contribution in [1.82, 2.24) is 10.2 Å². The lowest BCUT2D eigenvalue weighted by Gasteiger charge is -2.12. The molecule has 0 atom stereocenters. The van der Waals surface area contributed by atoms with Gasteiger partial charge in [0.1, 0.15) is 6.54 Å². The van der Waals surface area contributed by atoms with Crippen LogP contribution < -0.4 is 5.32 Å². The number of thioether (sulfide) groups is 1. The third-order valence-electron chi connectivity index (χ3n) is 3.28. The molecule has 1 aliphatic carbocycles. The molecule has 7 heteroatoms. The number of imide groups is 1. The Kier molecular flexibility index (Phi) is 4.12. The predicted molar refractivity (Wildman–Crippen MR) is 82.7 cm³/mol. The van der Waals surface area contributed by atoms with Gasteiger partial charge in [-0.1, -0.05) is 6.07 Å². The van der Waals surface area contributed by atoms with E-state index in [1.165, 1.54) is 11.3 Å². The quantitative estimate of drug-likeness (QED) is 0.845. The van der Waals surface area contributed by atoms with Crippen LogP contribution in [0.3, 0.4) is 0 Å². The van der Waals surface area contributed by atoms with Gasteiger partial charge >= 0.3 is 0 Å². The molecule has 1 aromatic rings. The maximum atomic E-state index is 12.2. The molecule has 0 aromatic carbocycles. The summed E-state index contributed by atoms with van der Waals surface area (Å²) in [6.45, 7) is 0.444. The summed E-state index contributed by atoms with van der Waals surface area (Å²) in [4.78, 5) is 38.1. The van der Waals surface area contributed by atoms with Crippen LogP contribution in [0.4, 0.5) is 4.79 Å². The molecular weight excluding hydrogens is 308 g/mol.